The van der Waals surface area contributed by atoms with Crippen molar-refractivity contribution in [2.45, 2.75) is 13.0 Å². The zero-order chi connectivity index (χ0) is 5.28. The smallest absolute Gasteiger partial charge is 0.105 e. The Morgan fingerprint density at radius 2 is 2.57 bits per heavy atom. The SMILES string of the molecule is CC1CNC1CF. The first-order chi connectivity index (χ1) is 3.34. The van der Waals surface area contributed by atoms with Crippen LogP contribution in [-0.4, -0.2) is 19.3 Å². The van der Waals surface area contributed by atoms with Crippen LogP contribution < -0.4 is 5.32 Å². The molecule has 1 heterocycles. The van der Waals surface area contributed by atoms with E-state index in [9.17, 15) is 4.39 Å². The number of rotatable bonds is 1. The number of hydrogen-bond acceptors (Lipinski definition) is 1. The van der Waals surface area contributed by atoms with Gasteiger partial charge >= 0.3 is 0 Å². The number of halogens is 1. The molecule has 1 rings (SSSR count). The lowest BCUT2D eigenvalue weighted by Crippen LogP contribution is -2.52. The highest BCUT2D eigenvalue weighted by atomic mass is 19.1. The molecule has 0 radical (unpaired) electrons. The Bertz CT molecular complexity index is 63.1. The summed E-state index contributed by atoms with van der Waals surface area (Å²) in [6, 6.07) is 0.167. The van der Waals surface area contributed by atoms with Crippen LogP contribution in [0, 0.1) is 5.92 Å². The second kappa shape index (κ2) is 1.78. The Balaban J connectivity index is 2.16. The summed E-state index contributed by atoms with van der Waals surface area (Å²) in [6.45, 7) is 2.84. The molecule has 2 unspecified atom stereocenters. The summed E-state index contributed by atoms with van der Waals surface area (Å²) in [5.41, 5.74) is 0. The molecule has 42 valence electrons. The highest BCUT2D eigenvalue weighted by Crippen LogP contribution is 2.10. The highest BCUT2D eigenvalue weighted by molar-refractivity contribution is 4.83. The molecule has 0 aromatic carbocycles. The number of hydrogen-bond donors (Lipinski definition) is 1. The predicted molar refractivity (Wildman–Crippen MR) is 26.9 cm³/mol. The lowest BCUT2D eigenvalue weighted by atomic mass is 9.95. The van der Waals surface area contributed by atoms with E-state index in [0.717, 1.165) is 6.54 Å². The second-order valence-corrected chi connectivity index (χ2v) is 2.15. The van der Waals surface area contributed by atoms with E-state index in [-0.39, 0.29) is 12.7 Å². The molecular weight excluding hydrogens is 93.1 g/mol. The number of alkyl halides is 1. The third kappa shape index (κ3) is 0.752. The van der Waals surface area contributed by atoms with Crippen molar-refractivity contribution in [2.24, 2.45) is 5.92 Å². The highest BCUT2D eigenvalue weighted by Gasteiger charge is 2.24. The van der Waals surface area contributed by atoms with Crippen LogP contribution in [0.4, 0.5) is 4.39 Å². The van der Waals surface area contributed by atoms with Gasteiger partial charge in [0.15, 0.2) is 0 Å². The Morgan fingerprint density at radius 3 is 2.57 bits per heavy atom. The molecule has 1 saturated heterocycles. The van der Waals surface area contributed by atoms with Crippen LogP contribution in [0.1, 0.15) is 6.92 Å². The van der Waals surface area contributed by atoms with Crippen molar-refractivity contribution in [3.63, 3.8) is 0 Å². The molecule has 1 aliphatic heterocycles. The van der Waals surface area contributed by atoms with Gasteiger partial charge < -0.3 is 5.32 Å². The van der Waals surface area contributed by atoms with Crippen molar-refractivity contribution in [1.82, 2.24) is 5.32 Å². The van der Waals surface area contributed by atoms with Gasteiger partial charge in [0.1, 0.15) is 6.67 Å². The van der Waals surface area contributed by atoms with Gasteiger partial charge in [-0.25, -0.2) is 4.39 Å². The second-order valence-electron chi connectivity index (χ2n) is 2.15. The first-order valence-corrected chi connectivity index (χ1v) is 2.64. The lowest BCUT2D eigenvalue weighted by molar-refractivity contribution is 0.206. The predicted octanol–water partition coefficient (Wildman–Crippen LogP) is 0.564. The van der Waals surface area contributed by atoms with Crippen LogP contribution in [0.3, 0.4) is 0 Å². The van der Waals surface area contributed by atoms with Crippen molar-refractivity contribution < 1.29 is 4.39 Å². The van der Waals surface area contributed by atoms with Crippen molar-refractivity contribution in [3.8, 4) is 0 Å². The largest absolute Gasteiger partial charge is 0.311 e. The molecule has 0 bridgehead atoms. The van der Waals surface area contributed by atoms with Crippen molar-refractivity contribution >= 4 is 0 Å². The maximum atomic E-state index is 11.6. The van der Waals surface area contributed by atoms with Gasteiger partial charge in [-0.1, -0.05) is 6.92 Å². The van der Waals surface area contributed by atoms with Crippen molar-refractivity contribution in [3.05, 3.63) is 0 Å². The van der Waals surface area contributed by atoms with E-state index in [1.807, 2.05) is 0 Å². The Morgan fingerprint density at radius 1 is 1.86 bits per heavy atom. The fraction of sp³-hybridized carbons (Fsp3) is 1.00. The first-order valence-electron chi connectivity index (χ1n) is 2.64. The molecule has 0 aromatic rings. The molecule has 2 heteroatoms. The maximum absolute atomic E-state index is 11.6. The Kier molecular flexibility index (Phi) is 1.28. The maximum Gasteiger partial charge on any atom is 0.105 e. The summed E-state index contributed by atoms with van der Waals surface area (Å²) in [7, 11) is 0. The average molecular weight is 103 g/mol. The molecule has 0 amide bonds. The van der Waals surface area contributed by atoms with E-state index in [1.54, 1.807) is 0 Å². The normalized spacial score (nSPS) is 40.3. The summed E-state index contributed by atoms with van der Waals surface area (Å²) >= 11 is 0. The fourth-order valence-electron chi connectivity index (χ4n) is 0.727. The fourth-order valence-corrected chi connectivity index (χ4v) is 0.727. The van der Waals surface area contributed by atoms with Crippen LogP contribution in [0.15, 0.2) is 0 Å². The summed E-state index contributed by atoms with van der Waals surface area (Å²) in [4.78, 5) is 0. The van der Waals surface area contributed by atoms with Crippen LogP contribution in [-0.2, 0) is 0 Å². The van der Waals surface area contributed by atoms with Crippen LogP contribution in [0.5, 0.6) is 0 Å². The Labute approximate surface area is 42.9 Å². The molecule has 0 aliphatic carbocycles. The Hall–Kier alpha value is -0.110. The molecule has 0 saturated carbocycles. The van der Waals surface area contributed by atoms with E-state index < -0.39 is 0 Å². The van der Waals surface area contributed by atoms with Crippen LogP contribution in [0.25, 0.3) is 0 Å². The zero-order valence-electron chi connectivity index (χ0n) is 4.45. The van der Waals surface area contributed by atoms with Crippen molar-refractivity contribution in [2.75, 3.05) is 13.2 Å². The van der Waals surface area contributed by atoms with Gasteiger partial charge in [-0.3, -0.25) is 0 Å². The number of nitrogens with one attached hydrogen (secondary N) is 1. The van der Waals surface area contributed by atoms with Gasteiger partial charge in [0.25, 0.3) is 0 Å². The van der Waals surface area contributed by atoms with E-state index >= 15 is 0 Å². The van der Waals surface area contributed by atoms with E-state index in [0.29, 0.717) is 5.92 Å². The molecule has 1 N–H and O–H groups in total. The minimum Gasteiger partial charge on any atom is -0.311 e. The molecule has 7 heavy (non-hydrogen) atoms. The minimum absolute atomic E-state index is 0.167. The van der Waals surface area contributed by atoms with Gasteiger partial charge in [-0.15, -0.1) is 0 Å². The molecule has 2 atom stereocenters. The van der Waals surface area contributed by atoms with Gasteiger partial charge in [0, 0.05) is 6.04 Å². The van der Waals surface area contributed by atoms with E-state index in [2.05, 4.69) is 12.2 Å². The zero-order valence-corrected chi connectivity index (χ0v) is 4.45. The third-order valence-corrected chi connectivity index (χ3v) is 1.56. The van der Waals surface area contributed by atoms with Crippen LogP contribution >= 0.6 is 0 Å². The lowest BCUT2D eigenvalue weighted by Gasteiger charge is -2.32. The van der Waals surface area contributed by atoms with Gasteiger partial charge in [0.2, 0.25) is 0 Å². The topological polar surface area (TPSA) is 12.0 Å². The molecule has 0 spiro atoms. The van der Waals surface area contributed by atoms with Gasteiger partial charge in [0.05, 0.1) is 0 Å². The van der Waals surface area contributed by atoms with Gasteiger partial charge in [-0.2, -0.15) is 0 Å². The van der Waals surface area contributed by atoms with E-state index in [4.69, 9.17) is 0 Å². The standard InChI is InChI=1S/C5H10FN/c1-4-3-7-5(4)2-6/h4-5,7H,2-3H2,1H3. The average Bonchev–Trinajstić information content (AvgIpc) is 1.65. The summed E-state index contributed by atoms with van der Waals surface area (Å²) in [6.07, 6.45) is 0. The van der Waals surface area contributed by atoms with Crippen molar-refractivity contribution in [1.29, 1.82) is 0 Å². The monoisotopic (exact) mass is 103 g/mol. The molecular formula is C5H10FN. The summed E-state index contributed by atoms with van der Waals surface area (Å²) < 4.78 is 11.6. The summed E-state index contributed by atoms with van der Waals surface area (Å²) in [5.74, 6) is 0.560. The minimum atomic E-state index is -0.207. The molecule has 0 aromatic heterocycles. The van der Waals surface area contributed by atoms with Gasteiger partial charge in [-0.05, 0) is 12.5 Å². The van der Waals surface area contributed by atoms with E-state index in [1.165, 1.54) is 0 Å². The quantitative estimate of drug-likeness (QED) is 0.511. The summed E-state index contributed by atoms with van der Waals surface area (Å²) in [5, 5.41) is 2.97. The third-order valence-electron chi connectivity index (χ3n) is 1.56. The molecule has 1 aliphatic rings. The molecule has 1 nitrogen and oxygen atoms in total. The first kappa shape index (κ1) is 5.04. The molecule has 1 fully saturated rings. The van der Waals surface area contributed by atoms with Crippen LogP contribution in [0.2, 0.25) is 0 Å².